The molecule has 2 aromatic rings. The minimum Gasteiger partial charge on any atom is -0.378 e. The highest BCUT2D eigenvalue weighted by Crippen LogP contribution is 2.41. The third kappa shape index (κ3) is 4.11. The Morgan fingerprint density at radius 1 is 1.26 bits per heavy atom. The number of thioether (sulfide) groups is 1. The van der Waals surface area contributed by atoms with Crippen LogP contribution in [-0.2, 0) is 9.53 Å². The van der Waals surface area contributed by atoms with Gasteiger partial charge in [-0.15, -0.1) is 10.2 Å². The number of benzene rings is 1. The molecule has 0 unspecified atom stereocenters. The van der Waals surface area contributed by atoms with Crippen molar-refractivity contribution in [2.45, 2.75) is 43.1 Å². The highest BCUT2D eigenvalue weighted by atomic mass is 32.2. The molecule has 2 aliphatic rings. The van der Waals surface area contributed by atoms with Crippen LogP contribution in [0.2, 0.25) is 0 Å². The molecule has 1 atom stereocenters. The first kappa shape index (κ1) is 18.3. The van der Waals surface area contributed by atoms with Gasteiger partial charge >= 0.3 is 0 Å². The van der Waals surface area contributed by atoms with Crippen molar-refractivity contribution < 1.29 is 9.53 Å². The lowest BCUT2D eigenvalue weighted by Crippen LogP contribution is -2.38. The summed E-state index contributed by atoms with van der Waals surface area (Å²) >= 11 is 1.48. The van der Waals surface area contributed by atoms with Crippen LogP contribution < -0.4 is 10.2 Å². The van der Waals surface area contributed by atoms with Crippen molar-refractivity contribution in [1.82, 2.24) is 14.8 Å². The second-order valence-electron chi connectivity index (χ2n) is 7.05. The number of rotatable bonds is 6. The molecule has 8 heteroatoms. The van der Waals surface area contributed by atoms with Crippen molar-refractivity contribution in [1.29, 1.82) is 0 Å². The molecule has 1 aromatic heterocycles. The number of ether oxygens (including phenoxy) is 1. The Balaban J connectivity index is 1.47. The van der Waals surface area contributed by atoms with Crippen molar-refractivity contribution in [2.75, 3.05) is 36.5 Å². The maximum atomic E-state index is 12.7. The Hall–Kier alpha value is -2.06. The highest BCUT2D eigenvalue weighted by molar-refractivity contribution is 8.00. The van der Waals surface area contributed by atoms with Crippen LogP contribution in [0, 0.1) is 6.92 Å². The van der Waals surface area contributed by atoms with Gasteiger partial charge in [0.2, 0.25) is 11.9 Å². The fourth-order valence-corrected chi connectivity index (χ4v) is 4.05. The number of hydrogen-bond donors (Lipinski definition) is 1. The smallest absolute Gasteiger partial charge is 0.237 e. The Morgan fingerprint density at radius 3 is 2.70 bits per heavy atom. The second kappa shape index (κ2) is 7.90. The first-order valence-corrected chi connectivity index (χ1v) is 10.3. The van der Waals surface area contributed by atoms with Gasteiger partial charge in [-0.2, -0.15) is 0 Å². The van der Waals surface area contributed by atoms with E-state index in [2.05, 4.69) is 25.0 Å². The molecular formula is C19H25N5O2S. The SMILES string of the molecule is Cc1ccccc1NC(=O)[C@@H](C)Sc1nnc(N2CCOCC2)n1C1CC1. The third-order valence-electron chi connectivity index (χ3n) is 4.91. The summed E-state index contributed by atoms with van der Waals surface area (Å²) in [7, 11) is 0. The summed E-state index contributed by atoms with van der Waals surface area (Å²) in [5.41, 5.74) is 1.91. The first-order chi connectivity index (χ1) is 13.1. The van der Waals surface area contributed by atoms with Crippen LogP contribution in [0.1, 0.15) is 31.4 Å². The molecule has 1 aliphatic carbocycles. The van der Waals surface area contributed by atoms with Crippen LogP contribution in [0.3, 0.4) is 0 Å². The molecule has 0 bridgehead atoms. The Bertz CT molecular complexity index is 814. The van der Waals surface area contributed by atoms with Gasteiger partial charge in [0.15, 0.2) is 5.16 Å². The zero-order chi connectivity index (χ0) is 18.8. The maximum Gasteiger partial charge on any atom is 0.237 e. The summed E-state index contributed by atoms with van der Waals surface area (Å²) in [5, 5.41) is 12.4. The highest BCUT2D eigenvalue weighted by Gasteiger charge is 2.33. The van der Waals surface area contributed by atoms with Crippen molar-refractivity contribution >= 4 is 29.3 Å². The van der Waals surface area contributed by atoms with Gasteiger partial charge < -0.3 is 15.0 Å². The van der Waals surface area contributed by atoms with Gasteiger partial charge in [-0.1, -0.05) is 30.0 Å². The molecule has 1 N–H and O–H groups in total. The average Bonchev–Trinajstić information content (AvgIpc) is 3.44. The zero-order valence-corrected chi connectivity index (χ0v) is 16.5. The number of amides is 1. The first-order valence-electron chi connectivity index (χ1n) is 9.44. The largest absolute Gasteiger partial charge is 0.378 e. The number of hydrogen-bond acceptors (Lipinski definition) is 6. The summed E-state index contributed by atoms with van der Waals surface area (Å²) in [5.74, 6) is 0.891. The van der Waals surface area contributed by atoms with E-state index >= 15 is 0 Å². The molecule has 2 fully saturated rings. The van der Waals surface area contributed by atoms with Crippen LogP contribution in [0.15, 0.2) is 29.4 Å². The predicted molar refractivity (Wildman–Crippen MR) is 106 cm³/mol. The standard InChI is InChI=1S/C19H25N5O2S/c1-13-5-3-4-6-16(13)20-17(25)14(2)27-19-22-21-18(24(19)15-7-8-15)23-9-11-26-12-10-23/h3-6,14-15H,7-12H2,1-2H3,(H,20,25)/t14-/m1/s1. The quantitative estimate of drug-likeness (QED) is 0.769. The molecule has 4 rings (SSSR count). The summed E-state index contributed by atoms with van der Waals surface area (Å²) in [6.45, 7) is 7.01. The lowest BCUT2D eigenvalue weighted by Gasteiger charge is -2.28. The normalized spacial score (nSPS) is 18.4. The van der Waals surface area contributed by atoms with Crippen molar-refractivity contribution in [3.63, 3.8) is 0 Å². The molecule has 2 heterocycles. The Labute approximate surface area is 163 Å². The number of aryl methyl sites for hydroxylation is 1. The van der Waals surface area contributed by atoms with Crippen LogP contribution >= 0.6 is 11.8 Å². The van der Waals surface area contributed by atoms with Crippen LogP contribution in [0.25, 0.3) is 0 Å². The third-order valence-corrected chi connectivity index (χ3v) is 5.96. The van der Waals surface area contributed by atoms with E-state index in [4.69, 9.17) is 4.74 Å². The van der Waals surface area contributed by atoms with E-state index in [0.717, 1.165) is 61.5 Å². The molecule has 1 aliphatic heterocycles. The number of carbonyl (C=O) groups excluding carboxylic acids is 1. The summed E-state index contributed by atoms with van der Waals surface area (Å²) < 4.78 is 7.66. The molecule has 27 heavy (non-hydrogen) atoms. The van der Waals surface area contributed by atoms with Gasteiger partial charge in [0.05, 0.1) is 18.5 Å². The Kier molecular flexibility index (Phi) is 5.36. The van der Waals surface area contributed by atoms with E-state index in [0.29, 0.717) is 6.04 Å². The summed E-state index contributed by atoms with van der Waals surface area (Å²) in [6.07, 6.45) is 2.29. The summed E-state index contributed by atoms with van der Waals surface area (Å²) in [4.78, 5) is 14.9. The number of nitrogens with zero attached hydrogens (tertiary/aromatic N) is 4. The van der Waals surface area contributed by atoms with E-state index in [9.17, 15) is 4.79 Å². The second-order valence-corrected chi connectivity index (χ2v) is 8.36. The Morgan fingerprint density at radius 2 is 2.00 bits per heavy atom. The van der Waals surface area contributed by atoms with E-state index < -0.39 is 0 Å². The maximum absolute atomic E-state index is 12.7. The molecular weight excluding hydrogens is 362 g/mol. The van der Waals surface area contributed by atoms with Crippen LogP contribution in [0.5, 0.6) is 0 Å². The van der Waals surface area contributed by atoms with Crippen LogP contribution in [-0.4, -0.2) is 52.2 Å². The van der Waals surface area contributed by atoms with E-state index in [1.54, 1.807) is 0 Å². The molecule has 1 saturated carbocycles. The van der Waals surface area contributed by atoms with Gasteiger partial charge in [-0.3, -0.25) is 9.36 Å². The summed E-state index contributed by atoms with van der Waals surface area (Å²) in [6, 6.07) is 8.26. The van der Waals surface area contributed by atoms with Gasteiger partial charge in [0.25, 0.3) is 0 Å². The number of aromatic nitrogens is 3. The molecule has 0 spiro atoms. The lowest BCUT2D eigenvalue weighted by atomic mass is 10.2. The molecule has 1 aromatic carbocycles. The van der Waals surface area contributed by atoms with Gasteiger partial charge in [0, 0.05) is 24.8 Å². The minimum absolute atomic E-state index is 0.0208. The fourth-order valence-electron chi connectivity index (χ4n) is 3.14. The molecule has 144 valence electrons. The number of anilines is 2. The van der Waals surface area contributed by atoms with E-state index in [1.165, 1.54) is 11.8 Å². The predicted octanol–water partition coefficient (Wildman–Crippen LogP) is 2.88. The molecule has 1 amide bonds. The minimum atomic E-state index is -0.260. The average molecular weight is 388 g/mol. The molecule has 1 saturated heterocycles. The fraction of sp³-hybridized carbons (Fsp3) is 0.526. The van der Waals surface area contributed by atoms with Gasteiger partial charge in [-0.25, -0.2) is 0 Å². The lowest BCUT2D eigenvalue weighted by molar-refractivity contribution is -0.115. The molecule has 7 nitrogen and oxygen atoms in total. The zero-order valence-electron chi connectivity index (χ0n) is 15.7. The van der Waals surface area contributed by atoms with E-state index in [-0.39, 0.29) is 11.2 Å². The van der Waals surface area contributed by atoms with Gasteiger partial charge in [-0.05, 0) is 38.3 Å². The van der Waals surface area contributed by atoms with E-state index in [1.807, 2.05) is 38.1 Å². The van der Waals surface area contributed by atoms with Crippen LogP contribution in [0.4, 0.5) is 11.6 Å². The topological polar surface area (TPSA) is 72.3 Å². The van der Waals surface area contributed by atoms with Crippen molar-refractivity contribution in [2.24, 2.45) is 0 Å². The monoisotopic (exact) mass is 387 g/mol. The number of nitrogens with one attached hydrogen (secondary N) is 1. The number of carbonyl (C=O) groups is 1. The van der Waals surface area contributed by atoms with Crippen molar-refractivity contribution in [3.8, 4) is 0 Å². The number of para-hydroxylation sites is 1. The molecule has 0 radical (unpaired) electrons. The van der Waals surface area contributed by atoms with Crippen molar-refractivity contribution in [3.05, 3.63) is 29.8 Å². The van der Waals surface area contributed by atoms with Gasteiger partial charge in [0.1, 0.15) is 0 Å². The number of morpholine rings is 1.